The molecule has 27 heavy (non-hydrogen) atoms. The Kier molecular flexibility index (Phi) is 6.51. The van der Waals surface area contributed by atoms with Gasteiger partial charge in [0.25, 0.3) is 0 Å². The van der Waals surface area contributed by atoms with Gasteiger partial charge in [-0.3, -0.25) is 4.79 Å². The summed E-state index contributed by atoms with van der Waals surface area (Å²) in [6.07, 6.45) is 1.30. The van der Waals surface area contributed by atoms with E-state index in [1.807, 2.05) is 0 Å². The zero-order chi connectivity index (χ0) is 19.4. The van der Waals surface area contributed by atoms with E-state index in [-0.39, 0.29) is 17.3 Å². The predicted molar refractivity (Wildman–Crippen MR) is 107 cm³/mol. The lowest BCUT2D eigenvalue weighted by atomic mass is 9.99. The normalized spacial score (nSPS) is 18.6. The van der Waals surface area contributed by atoms with Gasteiger partial charge in [0.15, 0.2) is 4.34 Å². The Labute approximate surface area is 167 Å². The molecule has 1 amide bonds. The lowest BCUT2D eigenvalue weighted by molar-refractivity contribution is -0.120. The van der Waals surface area contributed by atoms with Crippen molar-refractivity contribution in [1.82, 2.24) is 14.5 Å². The van der Waals surface area contributed by atoms with Crippen LogP contribution in [-0.4, -0.2) is 47.2 Å². The van der Waals surface area contributed by atoms with Gasteiger partial charge in [0, 0.05) is 18.3 Å². The van der Waals surface area contributed by atoms with Crippen LogP contribution in [0.1, 0.15) is 26.7 Å². The van der Waals surface area contributed by atoms with Crippen LogP contribution in [0.25, 0.3) is 0 Å². The topological polar surface area (TPSA) is 92.3 Å². The summed E-state index contributed by atoms with van der Waals surface area (Å²) in [5, 5.41) is 11.7. The van der Waals surface area contributed by atoms with Gasteiger partial charge in [-0.05, 0) is 25.0 Å². The zero-order valence-corrected chi connectivity index (χ0v) is 17.6. The van der Waals surface area contributed by atoms with Crippen LogP contribution in [0.5, 0.6) is 0 Å². The third-order valence-corrected chi connectivity index (χ3v) is 7.92. The number of rotatable bonds is 6. The third-order valence-electron chi connectivity index (χ3n) is 4.11. The Morgan fingerprint density at radius 1 is 1.30 bits per heavy atom. The maximum absolute atomic E-state index is 12.8. The van der Waals surface area contributed by atoms with Crippen molar-refractivity contribution in [2.45, 2.75) is 41.2 Å². The molecule has 0 spiro atoms. The number of aromatic nitrogens is 2. The van der Waals surface area contributed by atoms with E-state index in [1.165, 1.54) is 15.6 Å². The van der Waals surface area contributed by atoms with E-state index >= 15 is 0 Å². The van der Waals surface area contributed by atoms with E-state index in [0.29, 0.717) is 29.8 Å². The molecule has 0 bridgehead atoms. The van der Waals surface area contributed by atoms with E-state index in [4.69, 9.17) is 0 Å². The average Bonchev–Trinajstić information content (AvgIpc) is 3.08. The van der Waals surface area contributed by atoms with Crippen LogP contribution in [0, 0.1) is 5.92 Å². The van der Waals surface area contributed by atoms with Crippen LogP contribution in [0.2, 0.25) is 0 Å². The Balaban J connectivity index is 1.65. The number of sulfonamides is 1. The fraction of sp³-hybridized carbons (Fsp3) is 0.471. The van der Waals surface area contributed by atoms with Crippen LogP contribution in [0.4, 0.5) is 5.13 Å². The van der Waals surface area contributed by atoms with Crippen molar-refractivity contribution >= 4 is 44.2 Å². The van der Waals surface area contributed by atoms with Gasteiger partial charge in [-0.1, -0.05) is 55.1 Å². The Bertz CT molecular complexity index is 884. The molecule has 2 heterocycles. The molecule has 7 nitrogen and oxygen atoms in total. The van der Waals surface area contributed by atoms with Gasteiger partial charge >= 0.3 is 0 Å². The quantitative estimate of drug-likeness (QED) is 0.564. The van der Waals surface area contributed by atoms with Crippen molar-refractivity contribution in [2.24, 2.45) is 5.92 Å². The predicted octanol–water partition coefficient (Wildman–Crippen LogP) is 3.08. The smallest absolute Gasteiger partial charge is 0.243 e. The van der Waals surface area contributed by atoms with Gasteiger partial charge < -0.3 is 5.32 Å². The molecule has 2 aromatic rings. The van der Waals surface area contributed by atoms with Gasteiger partial charge in [-0.2, -0.15) is 4.31 Å². The number of amides is 1. The highest BCUT2D eigenvalue weighted by atomic mass is 32.2. The number of carbonyl (C=O) groups is 1. The summed E-state index contributed by atoms with van der Waals surface area (Å²) in [5.41, 5.74) is 0. The summed E-state index contributed by atoms with van der Waals surface area (Å²) >= 11 is 2.92. The van der Waals surface area contributed by atoms with E-state index < -0.39 is 15.9 Å². The van der Waals surface area contributed by atoms with Crippen molar-refractivity contribution in [3.8, 4) is 0 Å². The van der Waals surface area contributed by atoms with Gasteiger partial charge in [0.1, 0.15) is 0 Å². The van der Waals surface area contributed by atoms with E-state index in [9.17, 15) is 13.2 Å². The highest BCUT2D eigenvalue weighted by Gasteiger charge is 2.33. The molecule has 10 heteroatoms. The SMILES string of the molecule is CC(C)Sc1nnc(NC(=O)[C@H]2CCCN(S(=O)(=O)c3ccccc3)C2)s1. The first-order chi connectivity index (χ1) is 12.9. The minimum absolute atomic E-state index is 0.176. The largest absolute Gasteiger partial charge is 0.300 e. The summed E-state index contributed by atoms with van der Waals surface area (Å²) in [6, 6.07) is 8.33. The Morgan fingerprint density at radius 2 is 2.04 bits per heavy atom. The fourth-order valence-corrected chi connectivity index (χ4v) is 6.36. The number of nitrogens with one attached hydrogen (secondary N) is 1. The molecule has 1 aromatic heterocycles. The summed E-state index contributed by atoms with van der Waals surface area (Å²) in [7, 11) is -3.59. The molecular weight excluding hydrogens is 404 g/mol. The van der Waals surface area contributed by atoms with Gasteiger partial charge in [-0.15, -0.1) is 10.2 Å². The molecule has 1 aliphatic rings. The Morgan fingerprint density at radius 3 is 2.74 bits per heavy atom. The monoisotopic (exact) mass is 426 g/mol. The summed E-state index contributed by atoms with van der Waals surface area (Å²) in [6.45, 7) is 4.73. The second kappa shape index (κ2) is 8.68. The first-order valence-corrected chi connectivity index (χ1v) is 11.9. The molecule has 1 atom stereocenters. The minimum atomic E-state index is -3.59. The first-order valence-electron chi connectivity index (χ1n) is 8.72. The lowest BCUT2D eigenvalue weighted by Gasteiger charge is -2.31. The van der Waals surface area contributed by atoms with Crippen molar-refractivity contribution < 1.29 is 13.2 Å². The number of anilines is 1. The molecule has 1 aromatic carbocycles. The van der Waals surface area contributed by atoms with Crippen molar-refractivity contribution in [2.75, 3.05) is 18.4 Å². The van der Waals surface area contributed by atoms with Crippen molar-refractivity contribution in [3.63, 3.8) is 0 Å². The van der Waals surface area contributed by atoms with Gasteiger partial charge in [0.2, 0.25) is 21.1 Å². The first kappa shape index (κ1) is 20.2. The second-order valence-corrected chi connectivity index (χ2v) is 11.3. The van der Waals surface area contributed by atoms with Crippen LogP contribution in [0.15, 0.2) is 39.6 Å². The number of piperidine rings is 1. The maximum Gasteiger partial charge on any atom is 0.243 e. The minimum Gasteiger partial charge on any atom is -0.300 e. The Hall–Kier alpha value is -1.49. The molecule has 0 unspecified atom stereocenters. The standard InChI is InChI=1S/C17H22N4O3S3/c1-12(2)25-17-20-19-16(26-17)18-15(22)13-7-6-10-21(11-13)27(23,24)14-8-4-3-5-9-14/h3-5,8-9,12-13H,6-7,10-11H2,1-2H3,(H,18,19,22)/t13-/m0/s1. The summed E-state index contributed by atoms with van der Waals surface area (Å²) < 4.78 is 27.8. The van der Waals surface area contributed by atoms with Crippen LogP contribution in [0.3, 0.4) is 0 Å². The second-order valence-electron chi connectivity index (χ2n) is 6.54. The molecule has 0 aliphatic carbocycles. The third kappa shape index (κ3) is 5.07. The molecule has 3 rings (SSSR count). The van der Waals surface area contributed by atoms with Crippen LogP contribution < -0.4 is 5.32 Å². The maximum atomic E-state index is 12.8. The number of carbonyl (C=O) groups excluding carboxylic acids is 1. The number of thioether (sulfide) groups is 1. The summed E-state index contributed by atoms with van der Waals surface area (Å²) in [5.74, 6) is -0.609. The number of benzene rings is 1. The van der Waals surface area contributed by atoms with E-state index in [2.05, 4.69) is 29.4 Å². The van der Waals surface area contributed by atoms with Gasteiger partial charge in [-0.25, -0.2) is 8.42 Å². The van der Waals surface area contributed by atoms with Crippen molar-refractivity contribution in [1.29, 1.82) is 0 Å². The molecule has 1 fully saturated rings. The van der Waals surface area contributed by atoms with Crippen LogP contribution >= 0.6 is 23.1 Å². The fourth-order valence-electron chi connectivity index (χ4n) is 2.83. The molecule has 1 N–H and O–H groups in total. The molecule has 0 saturated carbocycles. The lowest BCUT2D eigenvalue weighted by Crippen LogP contribution is -2.43. The number of hydrogen-bond acceptors (Lipinski definition) is 7. The zero-order valence-electron chi connectivity index (χ0n) is 15.2. The number of nitrogens with zero attached hydrogens (tertiary/aromatic N) is 3. The highest BCUT2D eigenvalue weighted by molar-refractivity contribution is 8.01. The van der Waals surface area contributed by atoms with E-state index in [1.54, 1.807) is 42.1 Å². The molecule has 0 radical (unpaired) electrons. The van der Waals surface area contributed by atoms with Crippen molar-refractivity contribution in [3.05, 3.63) is 30.3 Å². The highest BCUT2D eigenvalue weighted by Crippen LogP contribution is 2.29. The molecular formula is C17H22N4O3S3. The number of hydrogen-bond donors (Lipinski definition) is 1. The average molecular weight is 427 g/mol. The van der Waals surface area contributed by atoms with Gasteiger partial charge in [0.05, 0.1) is 10.8 Å². The summed E-state index contributed by atoms with van der Waals surface area (Å²) in [4.78, 5) is 12.9. The molecule has 146 valence electrons. The molecule has 1 aliphatic heterocycles. The van der Waals surface area contributed by atoms with Crippen LogP contribution in [-0.2, 0) is 14.8 Å². The molecule has 1 saturated heterocycles. The van der Waals surface area contributed by atoms with E-state index in [0.717, 1.165) is 4.34 Å².